The summed E-state index contributed by atoms with van der Waals surface area (Å²) in [6.07, 6.45) is 0. The fourth-order valence-corrected chi connectivity index (χ4v) is 0.970. The second kappa shape index (κ2) is 23.0. The van der Waals surface area contributed by atoms with Crippen molar-refractivity contribution in [2.75, 3.05) is 0 Å². The summed E-state index contributed by atoms with van der Waals surface area (Å²) in [5.41, 5.74) is 1.35. The smallest absolute Gasteiger partial charge is 0.402 e. The van der Waals surface area contributed by atoms with Crippen molar-refractivity contribution in [3.63, 3.8) is 0 Å². The molecule has 0 saturated carbocycles. The molecule has 132 valence electrons. The van der Waals surface area contributed by atoms with Crippen LogP contribution in [0.15, 0.2) is 24.3 Å². The number of hydrogen-bond donors (Lipinski definition) is 12. The third kappa shape index (κ3) is 97.0. The number of aryl methyl sites for hydroxylation is 1. The average Bonchev–Trinajstić information content (AvgIpc) is 2.30. The van der Waals surface area contributed by atoms with Gasteiger partial charge >= 0.3 is 96.8 Å². The largest absolute Gasteiger partial charge is 0.631 e. The van der Waals surface area contributed by atoms with Gasteiger partial charge in [-0.1, -0.05) is 0 Å². The molecule has 1 aromatic rings. The first-order chi connectivity index (χ1) is 10.7. The molecular formula is C7H19B4NaO12. The summed E-state index contributed by atoms with van der Waals surface area (Å²) in [5, 5.41) is 86.0. The Hall–Kier alpha value is -0.000260. The number of benzene rings is 1. The van der Waals surface area contributed by atoms with E-state index in [1.54, 1.807) is 0 Å². The molecule has 17 heteroatoms. The number of rotatable bonds is 0. The van der Waals surface area contributed by atoms with Gasteiger partial charge in [0.15, 0.2) is 0 Å². The maximum atomic E-state index is 7.17. The van der Waals surface area contributed by atoms with Crippen molar-refractivity contribution in [3.05, 3.63) is 29.8 Å². The van der Waals surface area contributed by atoms with Gasteiger partial charge in [-0.3, -0.25) is 0 Å². The van der Waals surface area contributed by atoms with Gasteiger partial charge in [-0.2, -0.15) is 0 Å². The van der Waals surface area contributed by atoms with Crippen LogP contribution >= 0.6 is 0 Å². The normalized spacial score (nSPS) is 7.62. The molecular weight excluding hydrogens is 342 g/mol. The topological polar surface area (TPSA) is 243 Å². The van der Waals surface area contributed by atoms with Crippen LogP contribution in [-0.2, 0) is 0 Å². The first kappa shape index (κ1) is 31.7. The molecule has 0 saturated heterocycles. The summed E-state index contributed by atoms with van der Waals surface area (Å²) in [6.45, 7) is 2.11. The van der Waals surface area contributed by atoms with Crippen LogP contribution in [0.1, 0.15) is 5.56 Å². The van der Waals surface area contributed by atoms with E-state index in [1.807, 2.05) is 0 Å². The Kier molecular flexibility index (Phi) is 30.4. The van der Waals surface area contributed by atoms with Crippen LogP contribution in [0.25, 0.3) is 0 Å². The number of hydrogen-bond acceptors (Lipinski definition) is 12. The van der Waals surface area contributed by atoms with Gasteiger partial charge in [0.2, 0.25) is 0 Å². The minimum absolute atomic E-state index is 1.17. The van der Waals surface area contributed by atoms with Gasteiger partial charge in [0, 0.05) is 0 Å². The molecule has 12 N–H and O–H groups in total. The van der Waals surface area contributed by atoms with Crippen molar-refractivity contribution < 1.29 is 60.3 Å². The SMILES string of the molecule is Cc1cc[c]([Na])cc1.OB(O)O.OB(O)O.OB(O)O.OB(O)O. The summed E-state index contributed by atoms with van der Waals surface area (Å²) in [5.74, 6) is 0. The van der Waals surface area contributed by atoms with Crippen LogP contribution in [0.2, 0.25) is 0 Å². The fraction of sp³-hybridized carbons (Fsp3) is 0.143. The Morgan fingerprint density at radius 3 is 0.833 bits per heavy atom. The van der Waals surface area contributed by atoms with Gasteiger partial charge < -0.3 is 60.3 Å². The van der Waals surface area contributed by atoms with Crippen molar-refractivity contribution in [1.82, 2.24) is 0 Å². The van der Waals surface area contributed by atoms with E-state index in [0.29, 0.717) is 0 Å². The predicted molar refractivity (Wildman–Crippen MR) is 86.2 cm³/mol. The third-order valence-corrected chi connectivity index (χ3v) is 1.88. The molecule has 0 aliphatic heterocycles. The van der Waals surface area contributed by atoms with Gasteiger partial charge in [-0.25, -0.2) is 0 Å². The van der Waals surface area contributed by atoms with Crippen molar-refractivity contribution in [1.29, 1.82) is 0 Å². The van der Waals surface area contributed by atoms with Crippen molar-refractivity contribution in [3.8, 4) is 0 Å². The molecule has 0 radical (unpaired) electrons. The molecule has 0 bridgehead atoms. The van der Waals surface area contributed by atoms with Gasteiger partial charge in [0.25, 0.3) is 0 Å². The van der Waals surface area contributed by atoms with E-state index in [0.717, 1.165) is 0 Å². The van der Waals surface area contributed by atoms with E-state index in [2.05, 4.69) is 31.2 Å². The Bertz CT molecular complexity index is 285. The second-order valence-corrected chi connectivity index (χ2v) is 4.70. The Morgan fingerprint density at radius 2 is 0.708 bits per heavy atom. The minimum atomic E-state index is -2.17. The van der Waals surface area contributed by atoms with E-state index < -0.39 is 29.3 Å². The molecule has 1 aromatic carbocycles. The van der Waals surface area contributed by atoms with Gasteiger partial charge in [-0.15, -0.1) is 0 Å². The fourth-order valence-electron chi connectivity index (χ4n) is 0.637. The first-order valence-corrected chi connectivity index (χ1v) is 6.92. The third-order valence-electron chi connectivity index (χ3n) is 1.22. The first-order valence-electron chi connectivity index (χ1n) is 5.92. The van der Waals surface area contributed by atoms with Crippen molar-refractivity contribution in [2.24, 2.45) is 0 Å². The van der Waals surface area contributed by atoms with Crippen molar-refractivity contribution >= 4 is 60.0 Å². The summed E-state index contributed by atoms with van der Waals surface area (Å²) in [4.78, 5) is 0. The molecule has 0 spiro atoms. The van der Waals surface area contributed by atoms with Crippen LogP contribution in [0.3, 0.4) is 0 Å². The van der Waals surface area contributed by atoms with E-state index >= 15 is 0 Å². The zero-order valence-electron chi connectivity index (χ0n) is 13.0. The molecule has 24 heavy (non-hydrogen) atoms. The molecule has 0 fully saturated rings. The Morgan fingerprint density at radius 1 is 0.542 bits per heavy atom. The maximum Gasteiger partial charge on any atom is 0.631 e. The monoisotopic (exact) mass is 362 g/mol. The standard InChI is InChI=1S/C7H7.4BH3O3.Na/c1-7-5-3-2-4-6-7;4*2-1(3)4;/h3-6H,1H3;4*2-4H;. The Labute approximate surface area is 157 Å². The van der Waals surface area contributed by atoms with Gasteiger partial charge in [-0.05, 0) is 0 Å². The second-order valence-electron chi connectivity index (χ2n) is 3.54. The molecule has 0 heterocycles. The van der Waals surface area contributed by atoms with Crippen LogP contribution < -0.4 is 2.81 Å². The predicted octanol–water partition coefficient (Wildman–Crippen LogP) is -7.42. The zero-order chi connectivity index (χ0) is 20.3. The molecule has 0 unspecified atom stereocenters. The van der Waals surface area contributed by atoms with Crippen LogP contribution in [-0.4, -0.2) is 118 Å². The molecule has 0 aromatic heterocycles. The van der Waals surface area contributed by atoms with Crippen molar-refractivity contribution in [2.45, 2.75) is 6.92 Å². The van der Waals surface area contributed by atoms with Crippen LogP contribution in [0.4, 0.5) is 0 Å². The Balaban J connectivity index is -0.000000110. The summed E-state index contributed by atoms with van der Waals surface area (Å²) in [7, 11) is -8.67. The molecule has 0 aliphatic rings. The maximum absolute atomic E-state index is 7.17. The van der Waals surface area contributed by atoms with Gasteiger partial charge in [0.1, 0.15) is 0 Å². The molecule has 12 nitrogen and oxygen atoms in total. The van der Waals surface area contributed by atoms with E-state index in [-0.39, 0.29) is 0 Å². The van der Waals surface area contributed by atoms with E-state index in [1.165, 1.54) is 36.3 Å². The molecule has 0 atom stereocenters. The van der Waals surface area contributed by atoms with E-state index in [4.69, 9.17) is 60.3 Å². The molecule has 1 rings (SSSR count). The zero-order valence-corrected chi connectivity index (χ0v) is 15.0. The molecule has 0 aliphatic carbocycles. The van der Waals surface area contributed by atoms with E-state index in [9.17, 15) is 0 Å². The summed E-state index contributed by atoms with van der Waals surface area (Å²) >= 11 is 1.17. The average molecular weight is 361 g/mol. The summed E-state index contributed by atoms with van der Waals surface area (Å²) in [6, 6.07) is 8.67. The molecule has 0 amide bonds. The summed E-state index contributed by atoms with van der Waals surface area (Å²) < 4.78 is 1.47. The van der Waals surface area contributed by atoms with Crippen LogP contribution in [0, 0.1) is 6.92 Å². The van der Waals surface area contributed by atoms with Crippen LogP contribution in [0.5, 0.6) is 0 Å². The quantitative estimate of drug-likeness (QED) is 0.193. The minimum Gasteiger partial charge on any atom is -0.402 e. The van der Waals surface area contributed by atoms with Gasteiger partial charge in [0.05, 0.1) is 0 Å².